The highest BCUT2D eigenvalue weighted by molar-refractivity contribution is 7.92. The molecular formula is C12H17ClN2O4S2. The van der Waals surface area contributed by atoms with Gasteiger partial charge in [-0.3, -0.25) is 4.72 Å². The van der Waals surface area contributed by atoms with Crippen LogP contribution in [0.25, 0.3) is 0 Å². The summed E-state index contributed by atoms with van der Waals surface area (Å²) in [4.78, 5) is 0. The zero-order valence-electron chi connectivity index (χ0n) is 11.5. The Morgan fingerprint density at radius 2 is 2.05 bits per heavy atom. The predicted octanol–water partition coefficient (Wildman–Crippen LogP) is 1.70. The summed E-state index contributed by atoms with van der Waals surface area (Å²) in [5, 5.41) is 3.50. The standard InChI is InChI=1S/C12H17ClN2O4S2/c1-20(16,17)15-9-4-5-11(13)12(7-9)14-10-3-2-6-21(18,19)8-10/h4-5,7,10,14-15H,2-3,6,8H2,1H3. The largest absolute Gasteiger partial charge is 0.380 e. The van der Waals surface area contributed by atoms with Gasteiger partial charge in [-0.1, -0.05) is 11.6 Å². The fourth-order valence-electron chi connectivity index (χ4n) is 2.27. The van der Waals surface area contributed by atoms with Crippen molar-refractivity contribution in [2.45, 2.75) is 18.9 Å². The molecule has 1 unspecified atom stereocenters. The van der Waals surface area contributed by atoms with Gasteiger partial charge in [0.1, 0.15) is 0 Å². The van der Waals surface area contributed by atoms with Crippen molar-refractivity contribution in [1.82, 2.24) is 0 Å². The lowest BCUT2D eigenvalue weighted by molar-refractivity contribution is 0.562. The highest BCUT2D eigenvalue weighted by atomic mass is 35.5. The topological polar surface area (TPSA) is 92.3 Å². The second-order valence-electron chi connectivity index (χ2n) is 5.17. The number of hydrogen-bond acceptors (Lipinski definition) is 5. The minimum absolute atomic E-state index is 0.0626. The summed E-state index contributed by atoms with van der Waals surface area (Å²) in [5.41, 5.74) is 0.899. The van der Waals surface area contributed by atoms with Crippen molar-refractivity contribution in [3.63, 3.8) is 0 Å². The maximum atomic E-state index is 11.6. The molecule has 0 saturated carbocycles. The molecule has 1 heterocycles. The molecule has 1 aliphatic heterocycles. The monoisotopic (exact) mass is 352 g/mol. The van der Waals surface area contributed by atoms with Gasteiger partial charge in [-0.15, -0.1) is 0 Å². The highest BCUT2D eigenvalue weighted by Gasteiger charge is 2.25. The van der Waals surface area contributed by atoms with Crippen LogP contribution in [-0.2, 0) is 19.9 Å². The fraction of sp³-hybridized carbons (Fsp3) is 0.500. The number of hydrogen-bond donors (Lipinski definition) is 2. The van der Waals surface area contributed by atoms with E-state index in [2.05, 4.69) is 10.0 Å². The van der Waals surface area contributed by atoms with Gasteiger partial charge in [0.05, 0.1) is 34.2 Å². The van der Waals surface area contributed by atoms with Gasteiger partial charge in [0, 0.05) is 6.04 Å². The molecule has 9 heteroatoms. The molecule has 1 fully saturated rings. The molecule has 0 amide bonds. The Morgan fingerprint density at radius 3 is 2.67 bits per heavy atom. The summed E-state index contributed by atoms with van der Waals surface area (Å²) in [5.74, 6) is 0.279. The summed E-state index contributed by atoms with van der Waals surface area (Å²) in [6.07, 6.45) is 2.40. The van der Waals surface area contributed by atoms with E-state index in [1.165, 1.54) is 0 Å². The number of rotatable bonds is 4. The minimum Gasteiger partial charge on any atom is -0.380 e. The SMILES string of the molecule is CS(=O)(=O)Nc1ccc(Cl)c(NC2CCCS(=O)(=O)C2)c1. The van der Waals surface area contributed by atoms with Crippen LogP contribution in [0.4, 0.5) is 11.4 Å². The summed E-state index contributed by atoms with van der Waals surface area (Å²) < 4.78 is 48.1. The lowest BCUT2D eigenvalue weighted by atomic mass is 10.1. The van der Waals surface area contributed by atoms with Gasteiger partial charge in [-0.25, -0.2) is 16.8 Å². The molecular weight excluding hydrogens is 336 g/mol. The van der Waals surface area contributed by atoms with Crippen LogP contribution in [0.3, 0.4) is 0 Å². The molecule has 2 N–H and O–H groups in total. The Kier molecular flexibility index (Phi) is 4.69. The molecule has 1 saturated heterocycles. The quantitative estimate of drug-likeness (QED) is 0.860. The van der Waals surface area contributed by atoms with Crippen LogP contribution >= 0.6 is 11.6 Å². The normalized spacial score (nSPS) is 21.7. The number of halogens is 1. The molecule has 0 bridgehead atoms. The zero-order valence-corrected chi connectivity index (χ0v) is 13.9. The van der Waals surface area contributed by atoms with Crippen molar-refractivity contribution >= 4 is 42.8 Å². The van der Waals surface area contributed by atoms with Gasteiger partial charge in [-0.2, -0.15) is 0 Å². The van der Waals surface area contributed by atoms with Crippen LogP contribution in [-0.4, -0.2) is 40.6 Å². The van der Waals surface area contributed by atoms with E-state index in [0.717, 1.165) is 12.7 Å². The Morgan fingerprint density at radius 1 is 1.33 bits per heavy atom. The van der Waals surface area contributed by atoms with Gasteiger partial charge < -0.3 is 5.32 Å². The van der Waals surface area contributed by atoms with Gasteiger partial charge in [-0.05, 0) is 31.0 Å². The fourth-order valence-corrected chi connectivity index (χ4v) is 4.63. The first-order valence-electron chi connectivity index (χ1n) is 6.39. The summed E-state index contributed by atoms with van der Waals surface area (Å²) in [6, 6.07) is 4.46. The molecule has 6 nitrogen and oxygen atoms in total. The van der Waals surface area contributed by atoms with E-state index >= 15 is 0 Å². The van der Waals surface area contributed by atoms with Crippen LogP contribution in [0, 0.1) is 0 Å². The van der Waals surface area contributed by atoms with Crippen molar-refractivity contribution in [3.05, 3.63) is 23.2 Å². The van der Waals surface area contributed by atoms with Crippen molar-refractivity contribution in [2.75, 3.05) is 27.8 Å². The van der Waals surface area contributed by atoms with Crippen molar-refractivity contribution < 1.29 is 16.8 Å². The molecule has 2 rings (SSSR count). The molecule has 1 aromatic carbocycles. The van der Waals surface area contributed by atoms with Gasteiger partial charge in [0.2, 0.25) is 10.0 Å². The Labute approximate surface area is 129 Å². The third kappa shape index (κ3) is 5.05. The van der Waals surface area contributed by atoms with Crippen molar-refractivity contribution in [2.24, 2.45) is 0 Å². The zero-order chi connectivity index (χ0) is 15.7. The Hall–Kier alpha value is -0.990. The highest BCUT2D eigenvalue weighted by Crippen LogP contribution is 2.28. The van der Waals surface area contributed by atoms with Crippen LogP contribution in [0.1, 0.15) is 12.8 Å². The van der Waals surface area contributed by atoms with Crippen molar-refractivity contribution in [3.8, 4) is 0 Å². The average Bonchev–Trinajstić information content (AvgIpc) is 2.30. The smallest absolute Gasteiger partial charge is 0.229 e. The van der Waals surface area contributed by atoms with E-state index < -0.39 is 19.9 Å². The minimum atomic E-state index is -3.38. The molecule has 1 aromatic rings. The van der Waals surface area contributed by atoms with E-state index in [1.54, 1.807) is 18.2 Å². The second-order valence-corrected chi connectivity index (χ2v) is 9.55. The molecule has 118 valence electrons. The summed E-state index contributed by atoms with van der Waals surface area (Å²) >= 11 is 6.07. The molecule has 0 radical (unpaired) electrons. The first-order valence-corrected chi connectivity index (χ1v) is 10.5. The van der Waals surface area contributed by atoms with Crippen LogP contribution in [0.5, 0.6) is 0 Å². The number of nitrogens with one attached hydrogen (secondary N) is 2. The molecule has 1 atom stereocenters. The number of sulfonamides is 1. The van der Waals surface area contributed by atoms with E-state index in [4.69, 9.17) is 11.6 Å². The summed E-state index contributed by atoms with van der Waals surface area (Å²) in [7, 11) is -6.40. The average molecular weight is 353 g/mol. The maximum Gasteiger partial charge on any atom is 0.229 e. The maximum absolute atomic E-state index is 11.6. The van der Waals surface area contributed by atoms with Crippen LogP contribution < -0.4 is 10.0 Å². The van der Waals surface area contributed by atoms with Gasteiger partial charge in [0.25, 0.3) is 0 Å². The van der Waals surface area contributed by atoms with Gasteiger partial charge >= 0.3 is 0 Å². The predicted molar refractivity (Wildman–Crippen MR) is 85.2 cm³/mol. The number of anilines is 2. The third-order valence-corrected chi connectivity index (χ3v) is 5.85. The Bertz CT molecular complexity index is 732. The first-order chi connectivity index (χ1) is 9.65. The first kappa shape index (κ1) is 16.4. The van der Waals surface area contributed by atoms with Crippen LogP contribution in [0.2, 0.25) is 5.02 Å². The molecule has 21 heavy (non-hydrogen) atoms. The van der Waals surface area contributed by atoms with Crippen LogP contribution in [0.15, 0.2) is 18.2 Å². The Balaban J connectivity index is 2.17. The van der Waals surface area contributed by atoms with E-state index in [-0.39, 0.29) is 17.5 Å². The molecule has 0 aliphatic carbocycles. The molecule has 0 spiro atoms. The van der Waals surface area contributed by atoms with Gasteiger partial charge in [0.15, 0.2) is 9.84 Å². The number of sulfone groups is 1. The van der Waals surface area contributed by atoms with E-state index in [0.29, 0.717) is 22.8 Å². The second kappa shape index (κ2) is 6.02. The molecule has 0 aromatic heterocycles. The molecule has 1 aliphatic rings. The lowest BCUT2D eigenvalue weighted by Crippen LogP contribution is -2.34. The van der Waals surface area contributed by atoms with E-state index in [1.807, 2.05) is 0 Å². The number of benzene rings is 1. The van der Waals surface area contributed by atoms with E-state index in [9.17, 15) is 16.8 Å². The third-order valence-electron chi connectivity index (χ3n) is 3.09. The lowest BCUT2D eigenvalue weighted by Gasteiger charge is -2.24. The summed E-state index contributed by atoms with van der Waals surface area (Å²) in [6.45, 7) is 0. The van der Waals surface area contributed by atoms with Crippen molar-refractivity contribution in [1.29, 1.82) is 0 Å².